The van der Waals surface area contributed by atoms with Crippen LogP contribution >= 0.6 is 0 Å². The zero-order valence-corrected chi connectivity index (χ0v) is 11.7. The van der Waals surface area contributed by atoms with E-state index in [0.717, 1.165) is 12.8 Å². The van der Waals surface area contributed by atoms with Gasteiger partial charge >= 0.3 is 0 Å². The average molecular weight is 266 g/mol. The number of ketones is 1. The van der Waals surface area contributed by atoms with Gasteiger partial charge in [-0.05, 0) is 18.8 Å². The van der Waals surface area contributed by atoms with Crippen LogP contribution in [0.1, 0.15) is 63.3 Å². The molecule has 1 aliphatic rings. The number of aromatic nitrogens is 2. The summed E-state index contributed by atoms with van der Waals surface area (Å²) in [6.07, 6.45) is 6.70. The van der Waals surface area contributed by atoms with Gasteiger partial charge in [-0.15, -0.1) is 0 Å². The molecule has 2 rings (SSSR count). The molecule has 0 bridgehead atoms. The molecule has 0 radical (unpaired) electrons. The van der Waals surface area contributed by atoms with E-state index in [1.54, 1.807) is 7.11 Å². The van der Waals surface area contributed by atoms with Crippen LogP contribution in [0.15, 0.2) is 4.52 Å². The van der Waals surface area contributed by atoms with Crippen molar-refractivity contribution in [3.8, 4) is 0 Å². The molecule has 1 fully saturated rings. The Morgan fingerprint density at radius 1 is 1.42 bits per heavy atom. The number of ether oxygens (including phenoxy) is 1. The van der Waals surface area contributed by atoms with Gasteiger partial charge in [0.05, 0.1) is 6.42 Å². The lowest BCUT2D eigenvalue weighted by Gasteiger charge is -2.26. The highest BCUT2D eigenvalue weighted by atomic mass is 16.5. The van der Waals surface area contributed by atoms with Gasteiger partial charge in [-0.3, -0.25) is 4.79 Å². The van der Waals surface area contributed by atoms with Crippen LogP contribution in [0.2, 0.25) is 0 Å². The summed E-state index contributed by atoms with van der Waals surface area (Å²) in [6.45, 7) is 1.83. The third-order valence-electron chi connectivity index (χ3n) is 3.81. The van der Waals surface area contributed by atoms with Gasteiger partial charge in [-0.25, -0.2) is 0 Å². The summed E-state index contributed by atoms with van der Waals surface area (Å²) in [6, 6.07) is 0. The first-order chi connectivity index (χ1) is 9.24. The lowest BCUT2D eigenvalue weighted by atomic mass is 9.85. The Kier molecular flexibility index (Phi) is 5.07. The number of hydrogen-bond acceptors (Lipinski definition) is 5. The Hall–Kier alpha value is -1.23. The standard InChI is InChI=1S/C14H22N2O3/c1-3-11(17)9-12-15-14(16-19-12)13(18-2)10-7-5-4-6-8-10/h10,13H,3-9H2,1-2H3. The molecule has 5 nitrogen and oxygen atoms in total. The minimum Gasteiger partial charge on any atom is -0.373 e. The second-order valence-electron chi connectivity index (χ2n) is 5.17. The molecule has 1 atom stereocenters. The van der Waals surface area contributed by atoms with Crippen LogP contribution in [-0.4, -0.2) is 23.0 Å². The lowest BCUT2D eigenvalue weighted by molar-refractivity contribution is -0.118. The zero-order chi connectivity index (χ0) is 13.7. The van der Waals surface area contributed by atoms with Gasteiger partial charge < -0.3 is 9.26 Å². The van der Waals surface area contributed by atoms with E-state index in [1.807, 2.05) is 6.92 Å². The van der Waals surface area contributed by atoms with E-state index in [-0.39, 0.29) is 18.3 Å². The van der Waals surface area contributed by atoms with Crippen LogP contribution < -0.4 is 0 Å². The van der Waals surface area contributed by atoms with Crippen molar-refractivity contribution in [3.05, 3.63) is 11.7 Å². The number of carbonyl (C=O) groups is 1. The van der Waals surface area contributed by atoms with Crippen molar-refractivity contribution in [2.24, 2.45) is 5.92 Å². The van der Waals surface area contributed by atoms with E-state index in [1.165, 1.54) is 19.3 Å². The minimum atomic E-state index is -0.102. The summed E-state index contributed by atoms with van der Waals surface area (Å²) >= 11 is 0. The van der Waals surface area contributed by atoms with Crippen molar-refractivity contribution in [2.45, 2.75) is 58.0 Å². The normalized spacial score (nSPS) is 18.4. The van der Waals surface area contributed by atoms with Gasteiger partial charge in [-0.2, -0.15) is 4.98 Å². The Balaban J connectivity index is 2.03. The highest BCUT2D eigenvalue weighted by molar-refractivity contribution is 5.79. The van der Waals surface area contributed by atoms with E-state index >= 15 is 0 Å². The smallest absolute Gasteiger partial charge is 0.234 e. The van der Waals surface area contributed by atoms with Crippen molar-refractivity contribution >= 4 is 5.78 Å². The third kappa shape index (κ3) is 3.62. The van der Waals surface area contributed by atoms with Crippen molar-refractivity contribution in [2.75, 3.05) is 7.11 Å². The molecular formula is C14H22N2O3. The maximum absolute atomic E-state index is 11.4. The summed E-state index contributed by atoms with van der Waals surface area (Å²) in [7, 11) is 1.69. The second kappa shape index (κ2) is 6.80. The average Bonchev–Trinajstić information content (AvgIpc) is 2.89. The van der Waals surface area contributed by atoms with Crippen molar-refractivity contribution in [3.63, 3.8) is 0 Å². The molecule has 0 aromatic carbocycles. The van der Waals surface area contributed by atoms with Crippen molar-refractivity contribution < 1.29 is 14.1 Å². The molecule has 1 heterocycles. The summed E-state index contributed by atoms with van der Waals surface area (Å²) in [5.74, 6) is 1.57. The fourth-order valence-electron chi connectivity index (χ4n) is 2.69. The van der Waals surface area contributed by atoms with Gasteiger partial charge in [0.1, 0.15) is 11.9 Å². The van der Waals surface area contributed by atoms with Gasteiger partial charge in [0.25, 0.3) is 0 Å². The molecule has 1 unspecified atom stereocenters. The molecule has 106 valence electrons. The minimum absolute atomic E-state index is 0.102. The number of methoxy groups -OCH3 is 1. The molecular weight excluding hydrogens is 244 g/mol. The van der Waals surface area contributed by atoms with Crippen LogP contribution in [0.5, 0.6) is 0 Å². The maximum atomic E-state index is 11.4. The largest absolute Gasteiger partial charge is 0.373 e. The summed E-state index contributed by atoms with van der Waals surface area (Å²) < 4.78 is 10.7. The van der Waals surface area contributed by atoms with Gasteiger partial charge in [0.2, 0.25) is 11.7 Å². The number of nitrogens with zero attached hydrogens (tertiary/aromatic N) is 2. The highest BCUT2D eigenvalue weighted by Gasteiger charge is 2.29. The first kappa shape index (κ1) is 14.2. The SMILES string of the molecule is CCC(=O)Cc1nc(C(OC)C2CCCCC2)no1. The highest BCUT2D eigenvalue weighted by Crippen LogP contribution is 2.35. The number of Topliss-reactive ketones (excluding diaryl/α,β-unsaturated/α-hetero) is 1. The second-order valence-corrected chi connectivity index (χ2v) is 5.17. The molecule has 0 saturated heterocycles. The Bertz CT molecular complexity index is 411. The molecule has 1 aromatic rings. The Morgan fingerprint density at radius 2 is 2.16 bits per heavy atom. The molecule has 1 aliphatic carbocycles. The van der Waals surface area contributed by atoms with Crippen LogP contribution in [0, 0.1) is 5.92 Å². The quantitative estimate of drug-likeness (QED) is 0.792. The van der Waals surface area contributed by atoms with Crippen LogP contribution in [0.25, 0.3) is 0 Å². The topological polar surface area (TPSA) is 65.2 Å². The van der Waals surface area contributed by atoms with Crippen LogP contribution in [0.4, 0.5) is 0 Å². The van der Waals surface area contributed by atoms with E-state index in [0.29, 0.717) is 24.1 Å². The first-order valence-corrected chi connectivity index (χ1v) is 7.11. The predicted molar refractivity (Wildman–Crippen MR) is 69.6 cm³/mol. The monoisotopic (exact) mass is 266 g/mol. The molecule has 0 spiro atoms. The summed E-state index contributed by atoms with van der Waals surface area (Å²) in [5, 5.41) is 3.99. The summed E-state index contributed by atoms with van der Waals surface area (Å²) in [5.41, 5.74) is 0. The van der Waals surface area contributed by atoms with E-state index in [9.17, 15) is 4.79 Å². The number of carbonyl (C=O) groups excluding carboxylic acids is 1. The number of rotatable bonds is 6. The molecule has 1 saturated carbocycles. The molecule has 0 N–H and O–H groups in total. The molecule has 0 amide bonds. The molecule has 0 aliphatic heterocycles. The predicted octanol–water partition coefficient (Wildman–Crippen LogP) is 2.86. The van der Waals surface area contributed by atoms with Crippen LogP contribution in [-0.2, 0) is 16.0 Å². The molecule has 5 heteroatoms. The van der Waals surface area contributed by atoms with Crippen molar-refractivity contribution in [1.82, 2.24) is 10.1 Å². The molecule has 1 aromatic heterocycles. The molecule has 19 heavy (non-hydrogen) atoms. The van der Waals surface area contributed by atoms with Crippen LogP contribution in [0.3, 0.4) is 0 Å². The van der Waals surface area contributed by atoms with Crippen molar-refractivity contribution in [1.29, 1.82) is 0 Å². The lowest BCUT2D eigenvalue weighted by Crippen LogP contribution is -2.19. The van der Waals surface area contributed by atoms with E-state index in [4.69, 9.17) is 9.26 Å². The van der Waals surface area contributed by atoms with Gasteiger partial charge in [-0.1, -0.05) is 31.3 Å². The van der Waals surface area contributed by atoms with E-state index < -0.39 is 0 Å². The maximum Gasteiger partial charge on any atom is 0.234 e. The fraction of sp³-hybridized carbons (Fsp3) is 0.786. The summed E-state index contributed by atoms with van der Waals surface area (Å²) in [4.78, 5) is 15.7. The fourth-order valence-corrected chi connectivity index (χ4v) is 2.69. The van der Waals surface area contributed by atoms with Gasteiger partial charge in [0, 0.05) is 13.5 Å². The first-order valence-electron chi connectivity index (χ1n) is 7.11. The van der Waals surface area contributed by atoms with E-state index in [2.05, 4.69) is 10.1 Å². The Morgan fingerprint density at radius 3 is 2.79 bits per heavy atom. The third-order valence-corrected chi connectivity index (χ3v) is 3.81. The number of hydrogen-bond donors (Lipinski definition) is 0. The zero-order valence-electron chi connectivity index (χ0n) is 11.7. The van der Waals surface area contributed by atoms with Gasteiger partial charge in [0.15, 0.2) is 0 Å². The Labute approximate surface area is 113 Å².